The molecule has 1 atom stereocenters. The Morgan fingerprint density at radius 2 is 1.87 bits per heavy atom. The summed E-state index contributed by atoms with van der Waals surface area (Å²) in [7, 11) is 0. The van der Waals surface area contributed by atoms with E-state index in [0.717, 1.165) is 50.1 Å². The molecule has 1 saturated heterocycles. The van der Waals surface area contributed by atoms with E-state index >= 15 is 0 Å². The van der Waals surface area contributed by atoms with E-state index in [1.165, 1.54) is 4.90 Å². The summed E-state index contributed by atoms with van der Waals surface area (Å²) in [6.07, 6.45) is 4.26. The normalized spacial score (nSPS) is 20.1. The van der Waals surface area contributed by atoms with Gasteiger partial charge >= 0.3 is 0 Å². The number of carbonyl (C=O) groups excluding carboxylic acids is 2. The van der Waals surface area contributed by atoms with Crippen LogP contribution in [0.3, 0.4) is 0 Å². The molecule has 2 aliphatic heterocycles. The lowest BCUT2D eigenvalue weighted by atomic mass is 9.96. The van der Waals surface area contributed by atoms with Crippen molar-refractivity contribution in [3.63, 3.8) is 0 Å². The molecule has 164 valence electrons. The quantitative estimate of drug-likeness (QED) is 0.783. The van der Waals surface area contributed by atoms with E-state index < -0.39 is 0 Å². The molecule has 1 aromatic carbocycles. The molecular weight excluding hydrogens is 408 g/mol. The standard InChI is InChI=1S/C24H30N4O2S/c1-17-7-8-22(25-15-17)26-24(30)19-10-12-27(13-11-19)16-23(29)28-14-9-18(2)31-21-6-4-3-5-20(21)28/h3-8,15,18-19H,9-14,16H2,1-2H3,(H,25,26,30). The SMILES string of the molecule is Cc1ccc(NC(=O)C2CCN(CC(=O)N3CCC(C)Sc4ccccc43)CC2)nc1. The maximum atomic E-state index is 13.2. The van der Waals surface area contributed by atoms with Crippen LogP contribution in [0.2, 0.25) is 0 Å². The number of thioether (sulfide) groups is 1. The van der Waals surface area contributed by atoms with Gasteiger partial charge in [0.25, 0.3) is 0 Å². The van der Waals surface area contributed by atoms with Crippen molar-refractivity contribution in [1.82, 2.24) is 9.88 Å². The van der Waals surface area contributed by atoms with E-state index in [0.29, 0.717) is 17.6 Å². The third-order valence-electron chi connectivity index (χ3n) is 6.02. The summed E-state index contributed by atoms with van der Waals surface area (Å²) in [6.45, 7) is 6.86. The molecule has 7 heteroatoms. The average Bonchev–Trinajstić information content (AvgIpc) is 2.94. The van der Waals surface area contributed by atoms with Crippen LogP contribution in [0.4, 0.5) is 11.5 Å². The molecule has 0 bridgehead atoms. The van der Waals surface area contributed by atoms with E-state index in [-0.39, 0.29) is 17.7 Å². The zero-order valence-corrected chi connectivity index (χ0v) is 19.0. The molecule has 1 N–H and O–H groups in total. The van der Waals surface area contributed by atoms with E-state index in [4.69, 9.17) is 0 Å². The van der Waals surface area contributed by atoms with Crippen LogP contribution in [0.1, 0.15) is 31.7 Å². The number of rotatable bonds is 4. The first-order valence-corrected chi connectivity index (χ1v) is 11.9. The first kappa shape index (κ1) is 21.8. The smallest absolute Gasteiger partial charge is 0.241 e. The van der Waals surface area contributed by atoms with Crippen LogP contribution in [0, 0.1) is 12.8 Å². The van der Waals surface area contributed by atoms with Crippen molar-refractivity contribution in [2.24, 2.45) is 5.92 Å². The van der Waals surface area contributed by atoms with Crippen LogP contribution in [0.25, 0.3) is 0 Å². The minimum atomic E-state index is -0.0365. The van der Waals surface area contributed by atoms with Gasteiger partial charge in [-0.05, 0) is 63.0 Å². The Morgan fingerprint density at radius 3 is 2.61 bits per heavy atom. The first-order chi connectivity index (χ1) is 15.0. The maximum absolute atomic E-state index is 13.2. The molecule has 0 saturated carbocycles. The highest BCUT2D eigenvalue weighted by Gasteiger charge is 2.29. The summed E-state index contributed by atoms with van der Waals surface area (Å²) >= 11 is 1.85. The number of hydrogen-bond acceptors (Lipinski definition) is 5. The molecule has 0 spiro atoms. The molecule has 2 amide bonds. The van der Waals surface area contributed by atoms with Crippen LogP contribution >= 0.6 is 11.8 Å². The number of aromatic nitrogens is 1. The average molecular weight is 439 g/mol. The lowest BCUT2D eigenvalue weighted by Gasteiger charge is -2.32. The Balaban J connectivity index is 1.31. The second-order valence-electron chi connectivity index (χ2n) is 8.49. The third-order valence-corrected chi connectivity index (χ3v) is 7.26. The van der Waals surface area contributed by atoms with Gasteiger partial charge in [0.05, 0.1) is 12.2 Å². The molecule has 0 aliphatic carbocycles. The Hall–Kier alpha value is -2.38. The Morgan fingerprint density at radius 1 is 1.10 bits per heavy atom. The number of fused-ring (bicyclic) bond motifs is 1. The van der Waals surface area contributed by atoms with E-state index in [9.17, 15) is 9.59 Å². The molecule has 4 rings (SSSR count). The summed E-state index contributed by atoms with van der Waals surface area (Å²) < 4.78 is 0. The van der Waals surface area contributed by atoms with Crippen molar-refractivity contribution in [1.29, 1.82) is 0 Å². The minimum absolute atomic E-state index is 0.0230. The number of carbonyl (C=O) groups is 2. The second-order valence-corrected chi connectivity index (χ2v) is 9.97. The lowest BCUT2D eigenvalue weighted by Crippen LogP contribution is -2.45. The van der Waals surface area contributed by atoms with Crippen LogP contribution in [0.5, 0.6) is 0 Å². The number of anilines is 2. The molecule has 0 radical (unpaired) electrons. The van der Waals surface area contributed by atoms with E-state index in [1.54, 1.807) is 6.20 Å². The zero-order valence-electron chi connectivity index (χ0n) is 18.2. The number of pyridine rings is 1. The van der Waals surface area contributed by atoms with Gasteiger partial charge in [-0.1, -0.05) is 25.1 Å². The molecular formula is C24H30N4O2S. The van der Waals surface area contributed by atoms with Gasteiger partial charge in [-0.25, -0.2) is 4.98 Å². The summed E-state index contributed by atoms with van der Waals surface area (Å²) in [5, 5.41) is 3.42. The number of likely N-dealkylation sites (tertiary alicyclic amines) is 1. The van der Waals surface area contributed by atoms with Crippen molar-refractivity contribution in [2.45, 2.75) is 43.3 Å². The maximum Gasteiger partial charge on any atom is 0.241 e. The van der Waals surface area contributed by atoms with Gasteiger partial charge in [0.15, 0.2) is 0 Å². The van der Waals surface area contributed by atoms with Gasteiger partial charge in [0.2, 0.25) is 11.8 Å². The van der Waals surface area contributed by atoms with Gasteiger partial charge in [-0.15, -0.1) is 11.8 Å². The van der Waals surface area contributed by atoms with Crippen molar-refractivity contribution in [2.75, 3.05) is 36.4 Å². The number of para-hydroxylation sites is 1. The van der Waals surface area contributed by atoms with E-state index in [1.807, 2.05) is 53.9 Å². The number of hydrogen-bond donors (Lipinski definition) is 1. The largest absolute Gasteiger partial charge is 0.310 e. The van der Waals surface area contributed by atoms with Crippen molar-refractivity contribution < 1.29 is 9.59 Å². The molecule has 3 heterocycles. The Kier molecular flexibility index (Phi) is 6.92. The monoisotopic (exact) mass is 438 g/mol. The van der Waals surface area contributed by atoms with Crippen molar-refractivity contribution in [3.05, 3.63) is 48.2 Å². The Bertz CT molecular complexity index is 925. The molecule has 2 aromatic rings. The summed E-state index contributed by atoms with van der Waals surface area (Å²) in [6, 6.07) is 12.0. The molecule has 1 fully saturated rings. The number of benzene rings is 1. The topological polar surface area (TPSA) is 65.5 Å². The second kappa shape index (κ2) is 9.83. The fourth-order valence-electron chi connectivity index (χ4n) is 4.15. The van der Waals surface area contributed by atoms with Gasteiger partial charge in [-0.3, -0.25) is 14.5 Å². The van der Waals surface area contributed by atoms with E-state index in [2.05, 4.69) is 28.2 Å². The van der Waals surface area contributed by atoms with Crippen molar-refractivity contribution in [3.8, 4) is 0 Å². The lowest BCUT2D eigenvalue weighted by molar-refractivity contribution is -0.122. The van der Waals surface area contributed by atoms with Gasteiger partial charge in [-0.2, -0.15) is 0 Å². The van der Waals surface area contributed by atoms with Gasteiger partial charge in [0.1, 0.15) is 5.82 Å². The molecule has 1 unspecified atom stereocenters. The van der Waals surface area contributed by atoms with Gasteiger partial charge in [0, 0.05) is 28.8 Å². The van der Waals surface area contributed by atoms with Crippen molar-refractivity contribution >= 4 is 35.1 Å². The number of aryl methyl sites for hydroxylation is 1. The summed E-state index contributed by atoms with van der Waals surface area (Å²) in [5.74, 6) is 0.731. The third kappa shape index (κ3) is 5.46. The number of piperidine rings is 1. The predicted molar refractivity (Wildman–Crippen MR) is 125 cm³/mol. The zero-order chi connectivity index (χ0) is 21.8. The van der Waals surface area contributed by atoms with Crippen LogP contribution in [-0.4, -0.2) is 53.1 Å². The summed E-state index contributed by atoms with van der Waals surface area (Å²) in [4.78, 5) is 35.3. The fraction of sp³-hybridized carbons (Fsp3) is 0.458. The number of nitrogens with zero attached hydrogens (tertiary/aromatic N) is 3. The van der Waals surface area contributed by atoms with Crippen LogP contribution in [0.15, 0.2) is 47.5 Å². The number of amides is 2. The molecule has 31 heavy (non-hydrogen) atoms. The Labute approximate surface area is 188 Å². The van der Waals surface area contributed by atoms with Crippen LogP contribution < -0.4 is 10.2 Å². The van der Waals surface area contributed by atoms with Gasteiger partial charge < -0.3 is 10.2 Å². The molecule has 6 nitrogen and oxygen atoms in total. The highest BCUT2D eigenvalue weighted by Crippen LogP contribution is 2.37. The predicted octanol–water partition coefficient (Wildman–Crippen LogP) is 3.96. The minimum Gasteiger partial charge on any atom is -0.310 e. The molecule has 2 aliphatic rings. The highest BCUT2D eigenvalue weighted by atomic mass is 32.2. The highest BCUT2D eigenvalue weighted by molar-refractivity contribution is 8.00. The summed E-state index contributed by atoms with van der Waals surface area (Å²) in [5.41, 5.74) is 2.10. The first-order valence-electron chi connectivity index (χ1n) is 11.0. The van der Waals surface area contributed by atoms with Crippen LogP contribution in [-0.2, 0) is 9.59 Å². The molecule has 1 aromatic heterocycles. The fourth-order valence-corrected chi connectivity index (χ4v) is 5.26. The number of nitrogens with one attached hydrogen (secondary N) is 1.